The molecule has 0 spiro atoms. The Kier molecular flexibility index (Phi) is 6.42. The van der Waals surface area contributed by atoms with Crippen molar-refractivity contribution in [2.24, 2.45) is 5.92 Å². The predicted octanol–water partition coefficient (Wildman–Crippen LogP) is 3.38. The van der Waals surface area contributed by atoms with Crippen molar-refractivity contribution in [2.75, 3.05) is 0 Å². The van der Waals surface area contributed by atoms with E-state index in [0.717, 1.165) is 23.0 Å². The van der Waals surface area contributed by atoms with Crippen LogP contribution in [0.15, 0.2) is 54.6 Å². The molecule has 0 saturated carbocycles. The van der Waals surface area contributed by atoms with E-state index in [1.165, 1.54) is 0 Å². The van der Waals surface area contributed by atoms with Gasteiger partial charge in [-0.05, 0) is 23.6 Å². The maximum atomic E-state index is 12.6. The van der Waals surface area contributed by atoms with Crippen LogP contribution in [0.2, 0.25) is 0 Å². The second-order valence-corrected chi connectivity index (χ2v) is 6.90. The number of para-hydroxylation sites is 2. The normalized spacial score (nSPS) is 13.1. The monoisotopic (exact) mass is 379 g/mol. The minimum Gasteiger partial charge on any atom is -0.459 e. The van der Waals surface area contributed by atoms with Crippen molar-refractivity contribution in [1.82, 2.24) is 15.3 Å². The molecule has 0 aliphatic heterocycles. The summed E-state index contributed by atoms with van der Waals surface area (Å²) in [5, 5.41) is 2.82. The van der Waals surface area contributed by atoms with Crippen LogP contribution in [0.25, 0.3) is 11.0 Å². The summed E-state index contributed by atoms with van der Waals surface area (Å²) >= 11 is 0. The third-order valence-electron chi connectivity index (χ3n) is 4.77. The highest BCUT2D eigenvalue weighted by Gasteiger charge is 2.27. The number of ether oxygens (including phenoxy) is 1. The second kappa shape index (κ2) is 9.17. The molecule has 0 radical (unpaired) electrons. The van der Waals surface area contributed by atoms with Gasteiger partial charge in [-0.3, -0.25) is 4.79 Å². The van der Waals surface area contributed by atoms with Gasteiger partial charge in [-0.15, -0.1) is 0 Å². The van der Waals surface area contributed by atoms with Gasteiger partial charge in [-0.2, -0.15) is 0 Å². The van der Waals surface area contributed by atoms with Gasteiger partial charge in [0.15, 0.2) is 0 Å². The molecular weight excluding hydrogens is 354 g/mol. The highest BCUT2D eigenvalue weighted by Crippen LogP contribution is 2.13. The van der Waals surface area contributed by atoms with Crippen LogP contribution in [0.5, 0.6) is 0 Å². The van der Waals surface area contributed by atoms with Crippen LogP contribution in [-0.2, 0) is 27.4 Å². The highest BCUT2D eigenvalue weighted by atomic mass is 16.5. The summed E-state index contributed by atoms with van der Waals surface area (Å²) in [4.78, 5) is 32.6. The fourth-order valence-electron chi connectivity index (χ4n) is 2.95. The van der Waals surface area contributed by atoms with Gasteiger partial charge in [0.05, 0.1) is 17.5 Å². The molecule has 1 aromatic heterocycles. The van der Waals surface area contributed by atoms with E-state index >= 15 is 0 Å². The summed E-state index contributed by atoms with van der Waals surface area (Å²) in [5.74, 6) is -0.153. The van der Waals surface area contributed by atoms with Crippen molar-refractivity contribution < 1.29 is 14.3 Å². The Morgan fingerprint density at radius 3 is 2.54 bits per heavy atom. The van der Waals surface area contributed by atoms with Crippen LogP contribution in [0.3, 0.4) is 0 Å². The Balaban J connectivity index is 1.62. The summed E-state index contributed by atoms with van der Waals surface area (Å²) in [7, 11) is 0. The highest BCUT2D eigenvalue weighted by molar-refractivity contribution is 5.86. The first-order valence-corrected chi connectivity index (χ1v) is 9.50. The first kappa shape index (κ1) is 19.6. The molecule has 0 bridgehead atoms. The third kappa shape index (κ3) is 4.97. The number of hydrogen-bond donors (Lipinski definition) is 2. The number of aromatic nitrogens is 2. The van der Waals surface area contributed by atoms with Crippen molar-refractivity contribution in [3.05, 3.63) is 66.0 Å². The van der Waals surface area contributed by atoms with Crippen LogP contribution < -0.4 is 5.32 Å². The lowest BCUT2D eigenvalue weighted by atomic mass is 9.99. The molecule has 1 heterocycles. The molecule has 2 aromatic carbocycles. The molecule has 2 N–H and O–H groups in total. The van der Waals surface area contributed by atoms with Crippen molar-refractivity contribution >= 4 is 22.9 Å². The van der Waals surface area contributed by atoms with Gasteiger partial charge >= 0.3 is 5.97 Å². The molecule has 146 valence electrons. The van der Waals surface area contributed by atoms with Crippen LogP contribution in [0, 0.1) is 5.92 Å². The molecule has 0 fully saturated rings. The van der Waals surface area contributed by atoms with Crippen molar-refractivity contribution in [2.45, 2.75) is 39.3 Å². The van der Waals surface area contributed by atoms with E-state index in [4.69, 9.17) is 4.74 Å². The smallest absolute Gasteiger partial charge is 0.329 e. The molecule has 0 saturated heterocycles. The number of carbonyl (C=O) groups excluding carboxylic acids is 2. The zero-order valence-electron chi connectivity index (χ0n) is 16.1. The van der Waals surface area contributed by atoms with Gasteiger partial charge < -0.3 is 15.0 Å². The summed E-state index contributed by atoms with van der Waals surface area (Å²) in [6.45, 7) is 4.09. The Morgan fingerprint density at radius 2 is 1.82 bits per heavy atom. The first-order valence-electron chi connectivity index (χ1n) is 9.50. The average molecular weight is 379 g/mol. The average Bonchev–Trinajstić information content (AvgIpc) is 3.12. The van der Waals surface area contributed by atoms with Crippen LogP contribution in [-0.4, -0.2) is 27.9 Å². The lowest BCUT2D eigenvalue weighted by molar-refractivity contribution is -0.150. The summed E-state index contributed by atoms with van der Waals surface area (Å²) < 4.78 is 5.44. The number of esters is 1. The van der Waals surface area contributed by atoms with E-state index in [2.05, 4.69) is 15.3 Å². The van der Waals surface area contributed by atoms with Gasteiger partial charge in [0.1, 0.15) is 18.5 Å². The number of H-pyrrole nitrogens is 1. The fourth-order valence-corrected chi connectivity index (χ4v) is 2.95. The number of imidazole rings is 1. The van der Waals surface area contributed by atoms with Crippen LogP contribution in [0.4, 0.5) is 0 Å². The molecule has 1 amide bonds. The van der Waals surface area contributed by atoms with E-state index < -0.39 is 12.0 Å². The van der Waals surface area contributed by atoms with E-state index in [9.17, 15) is 9.59 Å². The zero-order valence-corrected chi connectivity index (χ0v) is 16.1. The molecule has 6 nitrogen and oxygen atoms in total. The summed E-state index contributed by atoms with van der Waals surface area (Å²) in [6, 6.07) is 16.4. The number of benzene rings is 2. The molecule has 3 aromatic rings. The Labute approximate surface area is 164 Å². The van der Waals surface area contributed by atoms with E-state index in [1.54, 1.807) is 0 Å². The molecule has 2 atom stereocenters. The second-order valence-electron chi connectivity index (χ2n) is 6.90. The third-order valence-corrected chi connectivity index (χ3v) is 4.77. The quantitative estimate of drug-likeness (QED) is 0.588. The van der Waals surface area contributed by atoms with Crippen LogP contribution in [0.1, 0.15) is 31.7 Å². The van der Waals surface area contributed by atoms with Crippen molar-refractivity contribution in [3.8, 4) is 0 Å². The van der Waals surface area contributed by atoms with Gasteiger partial charge in [-0.25, -0.2) is 9.78 Å². The lowest BCUT2D eigenvalue weighted by Crippen LogP contribution is -2.46. The summed E-state index contributed by atoms with van der Waals surface area (Å²) in [5.41, 5.74) is 2.60. The van der Waals surface area contributed by atoms with Crippen molar-refractivity contribution in [1.29, 1.82) is 0 Å². The SMILES string of the molecule is CC[C@H](C)[C@H](NC(=O)Cc1nc2ccccc2[nH]1)C(=O)OCc1ccccc1. The number of amides is 1. The van der Waals surface area contributed by atoms with E-state index in [-0.39, 0.29) is 24.9 Å². The van der Waals surface area contributed by atoms with Gasteiger partial charge in [0, 0.05) is 0 Å². The minimum absolute atomic E-state index is 0.0390. The number of fused-ring (bicyclic) bond motifs is 1. The molecule has 6 heteroatoms. The van der Waals surface area contributed by atoms with Crippen molar-refractivity contribution in [3.63, 3.8) is 0 Å². The number of rotatable bonds is 8. The van der Waals surface area contributed by atoms with E-state index in [0.29, 0.717) is 5.82 Å². The minimum atomic E-state index is -0.689. The number of nitrogens with zero attached hydrogens (tertiary/aromatic N) is 1. The first-order chi connectivity index (χ1) is 13.6. The lowest BCUT2D eigenvalue weighted by Gasteiger charge is -2.22. The molecule has 3 rings (SSSR count). The maximum Gasteiger partial charge on any atom is 0.329 e. The molecule has 0 aliphatic carbocycles. The Bertz CT molecular complexity index is 903. The molecule has 0 unspecified atom stereocenters. The number of carbonyl (C=O) groups is 2. The predicted molar refractivity (Wildman–Crippen MR) is 107 cm³/mol. The fraction of sp³-hybridized carbons (Fsp3) is 0.318. The Hall–Kier alpha value is -3.15. The number of hydrogen-bond acceptors (Lipinski definition) is 4. The standard InChI is InChI=1S/C22H25N3O3/c1-3-15(2)21(22(27)28-14-16-9-5-4-6-10-16)25-20(26)13-19-23-17-11-7-8-12-18(17)24-19/h4-12,15,21H,3,13-14H2,1-2H3,(H,23,24)(H,25,26)/t15-,21-/m0/s1. The zero-order chi connectivity index (χ0) is 19.9. The maximum absolute atomic E-state index is 12.6. The molecular formula is C22H25N3O3. The molecule has 0 aliphatic rings. The van der Waals surface area contributed by atoms with Gasteiger partial charge in [-0.1, -0.05) is 62.7 Å². The number of nitrogens with one attached hydrogen (secondary N) is 2. The summed E-state index contributed by atoms with van der Waals surface area (Å²) in [6.07, 6.45) is 0.823. The molecule has 28 heavy (non-hydrogen) atoms. The largest absolute Gasteiger partial charge is 0.459 e. The van der Waals surface area contributed by atoms with Gasteiger partial charge in [0.25, 0.3) is 0 Å². The number of aromatic amines is 1. The van der Waals surface area contributed by atoms with Crippen LogP contribution >= 0.6 is 0 Å². The Morgan fingerprint density at radius 1 is 1.11 bits per heavy atom. The topological polar surface area (TPSA) is 84.1 Å². The van der Waals surface area contributed by atoms with Gasteiger partial charge in [0.2, 0.25) is 5.91 Å². The van der Waals surface area contributed by atoms with E-state index in [1.807, 2.05) is 68.4 Å².